The maximum absolute atomic E-state index is 4.36. The van der Waals surface area contributed by atoms with Gasteiger partial charge in [0.2, 0.25) is 0 Å². The fourth-order valence-corrected chi connectivity index (χ4v) is 2.91. The van der Waals surface area contributed by atoms with Crippen LogP contribution in [0.4, 0.5) is 0 Å². The zero-order valence-corrected chi connectivity index (χ0v) is 11.2. The molecule has 1 saturated carbocycles. The van der Waals surface area contributed by atoms with E-state index in [-0.39, 0.29) is 0 Å². The van der Waals surface area contributed by atoms with Gasteiger partial charge in [0.25, 0.3) is 0 Å². The lowest BCUT2D eigenvalue weighted by Crippen LogP contribution is -2.16. The van der Waals surface area contributed by atoms with Crippen molar-refractivity contribution < 1.29 is 0 Å². The highest BCUT2D eigenvalue weighted by Crippen LogP contribution is 2.31. The topological polar surface area (TPSA) is 29.9 Å². The Labute approximate surface area is 105 Å². The van der Waals surface area contributed by atoms with Gasteiger partial charge in [0.15, 0.2) is 0 Å². The van der Waals surface area contributed by atoms with E-state index in [1.807, 2.05) is 10.9 Å². The van der Waals surface area contributed by atoms with Crippen LogP contribution in [-0.4, -0.2) is 16.8 Å². The van der Waals surface area contributed by atoms with E-state index in [1.165, 1.54) is 44.1 Å². The summed E-state index contributed by atoms with van der Waals surface area (Å²) in [7, 11) is 2.06. The van der Waals surface area contributed by atoms with Gasteiger partial charge in [-0.15, -0.1) is 0 Å². The molecule has 1 aromatic rings. The maximum Gasteiger partial charge on any atom is 0.0537 e. The van der Waals surface area contributed by atoms with Gasteiger partial charge in [-0.05, 0) is 32.7 Å². The molecule has 0 bridgehead atoms. The van der Waals surface area contributed by atoms with Gasteiger partial charge >= 0.3 is 0 Å². The molecule has 0 amide bonds. The van der Waals surface area contributed by atoms with Crippen LogP contribution in [0.25, 0.3) is 0 Å². The molecule has 1 aromatic heterocycles. The molecule has 1 unspecified atom stereocenters. The predicted octanol–water partition coefficient (Wildman–Crippen LogP) is 3.13. The summed E-state index contributed by atoms with van der Waals surface area (Å²) in [6, 6.07) is 0.482. The van der Waals surface area contributed by atoms with Gasteiger partial charge in [0.1, 0.15) is 0 Å². The molecular weight excluding hydrogens is 210 g/mol. The molecule has 1 atom stereocenters. The molecule has 3 heteroatoms. The molecule has 0 saturated heterocycles. The summed E-state index contributed by atoms with van der Waals surface area (Å²) >= 11 is 0. The molecular formula is C14H25N3. The van der Waals surface area contributed by atoms with Gasteiger partial charge in [-0.2, -0.15) is 5.10 Å². The van der Waals surface area contributed by atoms with Gasteiger partial charge < -0.3 is 5.32 Å². The van der Waals surface area contributed by atoms with Crippen molar-refractivity contribution in [3.05, 3.63) is 18.0 Å². The van der Waals surface area contributed by atoms with Gasteiger partial charge in [0, 0.05) is 24.3 Å². The smallest absolute Gasteiger partial charge is 0.0537 e. The second-order valence-electron chi connectivity index (χ2n) is 5.20. The summed E-state index contributed by atoms with van der Waals surface area (Å²) in [6.45, 7) is 3.09. The third kappa shape index (κ3) is 3.32. The Bertz CT molecular complexity index is 326. The lowest BCUT2D eigenvalue weighted by atomic mass is 9.96. The number of rotatable bonds is 6. The summed E-state index contributed by atoms with van der Waals surface area (Å²) in [5, 5.41) is 7.79. The lowest BCUT2D eigenvalue weighted by Gasteiger charge is -2.16. The summed E-state index contributed by atoms with van der Waals surface area (Å²) in [4.78, 5) is 0. The first-order valence-electron chi connectivity index (χ1n) is 7.03. The summed E-state index contributed by atoms with van der Waals surface area (Å²) in [5.74, 6) is 0.979. The van der Waals surface area contributed by atoms with E-state index < -0.39 is 0 Å². The molecule has 0 aliphatic heterocycles. The van der Waals surface area contributed by atoms with Gasteiger partial charge in [-0.3, -0.25) is 4.68 Å². The van der Waals surface area contributed by atoms with Crippen LogP contribution in [0.15, 0.2) is 12.4 Å². The van der Waals surface area contributed by atoms with Gasteiger partial charge in [-0.1, -0.05) is 25.7 Å². The average Bonchev–Trinajstić information content (AvgIpc) is 3.00. The highest BCUT2D eigenvalue weighted by Gasteiger charge is 2.18. The zero-order chi connectivity index (χ0) is 12.1. The van der Waals surface area contributed by atoms with Crippen LogP contribution in [0.5, 0.6) is 0 Å². The highest BCUT2D eigenvalue weighted by atomic mass is 15.3. The third-order valence-electron chi connectivity index (χ3n) is 4.07. The quantitative estimate of drug-likeness (QED) is 0.821. The number of nitrogens with zero attached hydrogens (tertiary/aromatic N) is 2. The van der Waals surface area contributed by atoms with Crippen LogP contribution < -0.4 is 5.32 Å². The number of hydrogen-bond donors (Lipinski definition) is 1. The van der Waals surface area contributed by atoms with E-state index in [0.29, 0.717) is 6.04 Å². The number of hydrogen-bond acceptors (Lipinski definition) is 2. The Hall–Kier alpha value is -0.830. The summed E-state index contributed by atoms with van der Waals surface area (Å²) in [6.07, 6.45) is 12.6. The summed E-state index contributed by atoms with van der Waals surface area (Å²) < 4.78 is 2.01. The van der Waals surface area contributed by atoms with Crippen molar-refractivity contribution in [1.29, 1.82) is 0 Å². The Morgan fingerprint density at radius 3 is 2.82 bits per heavy atom. The second-order valence-corrected chi connectivity index (χ2v) is 5.20. The minimum absolute atomic E-state index is 0.482. The molecule has 1 aliphatic carbocycles. The average molecular weight is 235 g/mol. The van der Waals surface area contributed by atoms with Crippen LogP contribution in [0.1, 0.15) is 57.1 Å². The molecule has 17 heavy (non-hydrogen) atoms. The van der Waals surface area contributed by atoms with Crippen LogP contribution >= 0.6 is 0 Å². The largest absolute Gasteiger partial charge is 0.313 e. The predicted molar refractivity (Wildman–Crippen MR) is 70.9 cm³/mol. The van der Waals surface area contributed by atoms with Crippen LogP contribution in [0.3, 0.4) is 0 Å². The van der Waals surface area contributed by atoms with E-state index in [4.69, 9.17) is 0 Å². The minimum atomic E-state index is 0.482. The van der Waals surface area contributed by atoms with E-state index in [2.05, 4.69) is 30.6 Å². The summed E-state index contributed by atoms with van der Waals surface area (Å²) in [5.41, 5.74) is 1.34. The van der Waals surface area contributed by atoms with Crippen LogP contribution in [0, 0.1) is 5.92 Å². The molecule has 0 aromatic carbocycles. The fraction of sp³-hybridized carbons (Fsp3) is 0.786. The molecule has 1 fully saturated rings. The van der Waals surface area contributed by atoms with Crippen molar-refractivity contribution in [3.63, 3.8) is 0 Å². The van der Waals surface area contributed by atoms with E-state index >= 15 is 0 Å². The third-order valence-corrected chi connectivity index (χ3v) is 4.07. The van der Waals surface area contributed by atoms with Gasteiger partial charge in [0.05, 0.1) is 6.20 Å². The number of nitrogens with one attached hydrogen (secondary N) is 1. The number of aryl methyl sites for hydroxylation is 1. The second kappa shape index (κ2) is 6.20. The molecule has 1 heterocycles. The van der Waals surface area contributed by atoms with Crippen molar-refractivity contribution in [1.82, 2.24) is 15.1 Å². The SMILES string of the molecule is CCn1cc(C(CCC2CCCC2)NC)cn1. The Morgan fingerprint density at radius 2 is 2.24 bits per heavy atom. The standard InChI is InChI=1S/C14H25N3/c1-3-17-11-13(10-16-17)14(15-2)9-8-12-6-4-5-7-12/h10-12,14-15H,3-9H2,1-2H3. The Morgan fingerprint density at radius 1 is 1.47 bits per heavy atom. The van der Waals surface area contributed by atoms with Crippen LogP contribution in [0.2, 0.25) is 0 Å². The molecule has 1 aliphatic rings. The maximum atomic E-state index is 4.36. The molecule has 0 radical (unpaired) electrons. The normalized spacial score (nSPS) is 18.7. The van der Waals surface area contributed by atoms with Crippen LogP contribution in [-0.2, 0) is 6.54 Å². The van der Waals surface area contributed by atoms with Crippen molar-refractivity contribution in [2.45, 2.75) is 58.0 Å². The molecule has 96 valence electrons. The van der Waals surface area contributed by atoms with Crippen molar-refractivity contribution in [2.75, 3.05) is 7.05 Å². The Kier molecular flexibility index (Phi) is 4.60. The highest BCUT2D eigenvalue weighted by molar-refractivity contribution is 5.10. The minimum Gasteiger partial charge on any atom is -0.313 e. The molecule has 2 rings (SSSR count). The Balaban J connectivity index is 1.86. The van der Waals surface area contributed by atoms with Crippen molar-refractivity contribution in [3.8, 4) is 0 Å². The van der Waals surface area contributed by atoms with Crippen molar-refractivity contribution >= 4 is 0 Å². The first-order chi connectivity index (χ1) is 8.33. The van der Waals surface area contributed by atoms with E-state index in [0.717, 1.165) is 12.5 Å². The van der Waals surface area contributed by atoms with Crippen molar-refractivity contribution in [2.24, 2.45) is 5.92 Å². The first-order valence-corrected chi connectivity index (χ1v) is 7.03. The van der Waals surface area contributed by atoms with E-state index in [9.17, 15) is 0 Å². The lowest BCUT2D eigenvalue weighted by molar-refractivity contribution is 0.427. The molecule has 1 N–H and O–H groups in total. The monoisotopic (exact) mass is 235 g/mol. The number of aromatic nitrogens is 2. The fourth-order valence-electron chi connectivity index (χ4n) is 2.91. The van der Waals surface area contributed by atoms with E-state index in [1.54, 1.807) is 0 Å². The van der Waals surface area contributed by atoms with Gasteiger partial charge in [-0.25, -0.2) is 0 Å². The molecule has 3 nitrogen and oxygen atoms in total. The zero-order valence-electron chi connectivity index (χ0n) is 11.2. The first kappa shape index (κ1) is 12.6. The molecule has 0 spiro atoms.